The Morgan fingerprint density at radius 1 is 1.10 bits per heavy atom. The fourth-order valence-electron chi connectivity index (χ4n) is 2.58. The summed E-state index contributed by atoms with van der Waals surface area (Å²) in [5.41, 5.74) is 1.15. The summed E-state index contributed by atoms with van der Waals surface area (Å²) in [5.74, 6) is -1.74. The molecule has 0 fully saturated rings. The number of nitrogens with zero attached hydrogens (tertiary/aromatic N) is 1. The Bertz CT molecular complexity index is 1080. The molecular formula is C21H16ClN3O3S. The molecule has 0 aliphatic carbocycles. The number of carbonyl (C=O) groups excluding carboxylic acids is 2. The lowest BCUT2D eigenvalue weighted by atomic mass is 10.1. The first-order valence-electron chi connectivity index (χ1n) is 8.58. The zero-order valence-electron chi connectivity index (χ0n) is 15.1. The number of rotatable bonds is 5. The molecule has 1 aromatic heterocycles. The second kappa shape index (κ2) is 9.34. The highest BCUT2D eigenvalue weighted by Gasteiger charge is 2.17. The van der Waals surface area contributed by atoms with Crippen LogP contribution in [0.25, 0.3) is 0 Å². The van der Waals surface area contributed by atoms with Gasteiger partial charge in [-0.15, -0.1) is 11.3 Å². The van der Waals surface area contributed by atoms with Gasteiger partial charge in [0.1, 0.15) is 12.2 Å². The van der Waals surface area contributed by atoms with Gasteiger partial charge in [0.15, 0.2) is 0 Å². The summed E-state index contributed by atoms with van der Waals surface area (Å²) in [6.45, 7) is 0.138. The minimum atomic E-state index is -0.898. The maximum Gasteiger partial charge on any atom is 0.313 e. The van der Waals surface area contributed by atoms with Crippen molar-refractivity contribution in [2.75, 3.05) is 5.32 Å². The molecular weight excluding hydrogens is 410 g/mol. The van der Waals surface area contributed by atoms with Crippen LogP contribution in [0.4, 0.5) is 5.69 Å². The highest BCUT2D eigenvalue weighted by molar-refractivity contribution is 7.12. The van der Waals surface area contributed by atoms with E-state index in [1.54, 1.807) is 12.1 Å². The quantitative estimate of drug-likeness (QED) is 0.543. The van der Waals surface area contributed by atoms with Crippen LogP contribution in [0.5, 0.6) is 0 Å². The summed E-state index contributed by atoms with van der Waals surface area (Å²) in [6.07, 6.45) is -0.749. The van der Waals surface area contributed by atoms with Gasteiger partial charge in [0, 0.05) is 14.8 Å². The molecule has 2 amide bonds. The highest BCUT2D eigenvalue weighted by atomic mass is 35.5. The number of hydrogen-bond acceptors (Lipinski definition) is 5. The number of nitrogens with one attached hydrogen (secondary N) is 2. The number of aliphatic hydroxyl groups excluding tert-OH is 1. The van der Waals surface area contributed by atoms with Gasteiger partial charge in [0.05, 0.1) is 17.8 Å². The molecule has 3 N–H and O–H groups in total. The fourth-order valence-corrected chi connectivity index (χ4v) is 3.72. The van der Waals surface area contributed by atoms with E-state index in [2.05, 4.69) is 10.6 Å². The monoisotopic (exact) mass is 425 g/mol. The van der Waals surface area contributed by atoms with Crippen molar-refractivity contribution in [1.82, 2.24) is 5.32 Å². The predicted octanol–water partition coefficient (Wildman–Crippen LogP) is 3.61. The van der Waals surface area contributed by atoms with E-state index in [1.807, 2.05) is 36.4 Å². The van der Waals surface area contributed by atoms with Crippen molar-refractivity contribution in [3.8, 4) is 6.07 Å². The molecule has 2 aromatic carbocycles. The van der Waals surface area contributed by atoms with Gasteiger partial charge in [-0.3, -0.25) is 9.59 Å². The minimum absolute atomic E-state index is 0.138. The van der Waals surface area contributed by atoms with Crippen LogP contribution >= 0.6 is 22.9 Å². The van der Waals surface area contributed by atoms with E-state index in [1.165, 1.54) is 29.5 Å². The summed E-state index contributed by atoms with van der Waals surface area (Å²) in [5, 5.41) is 24.8. The average Bonchev–Trinajstić information content (AvgIpc) is 3.21. The van der Waals surface area contributed by atoms with Crippen LogP contribution < -0.4 is 10.6 Å². The fraction of sp³-hybridized carbons (Fsp3) is 0.0952. The van der Waals surface area contributed by atoms with Crippen molar-refractivity contribution >= 4 is 40.4 Å². The summed E-state index contributed by atoms with van der Waals surface area (Å²) >= 11 is 7.21. The molecule has 1 atom stereocenters. The normalized spacial score (nSPS) is 11.3. The van der Waals surface area contributed by atoms with E-state index in [-0.39, 0.29) is 17.8 Å². The van der Waals surface area contributed by atoms with Crippen molar-refractivity contribution < 1.29 is 14.7 Å². The van der Waals surface area contributed by atoms with E-state index in [0.29, 0.717) is 5.02 Å². The number of benzene rings is 2. The number of hydrogen-bond donors (Lipinski definition) is 3. The number of carbonyl (C=O) groups is 2. The van der Waals surface area contributed by atoms with Crippen LogP contribution in [0, 0.1) is 11.3 Å². The van der Waals surface area contributed by atoms with Crippen LogP contribution in [0.2, 0.25) is 5.02 Å². The van der Waals surface area contributed by atoms with Crippen molar-refractivity contribution in [2.45, 2.75) is 12.6 Å². The first-order chi connectivity index (χ1) is 14.0. The first kappa shape index (κ1) is 20.6. The molecule has 3 aromatic rings. The zero-order chi connectivity index (χ0) is 20.8. The molecule has 146 valence electrons. The molecule has 3 rings (SSSR count). The molecule has 0 aliphatic rings. The molecule has 0 aliphatic heterocycles. The summed E-state index contributed by atoms with van der Waals surface area (Å²) < 4.78 is 0. The van der Waals surface area contributed by atoms with Gasteiger partial charge in [0.25, 0.3) is 0 Å². The number of anilines is 1. The Morgan fingerprint density at radius 2 is 1.86 bits per heavy atom. The van der Waals surface area contributed by atoms with Crippen molar-refractivity contribution in [2.24, 2.45) is 0 Å². The average molecular weight is 426 g/mol. The van der Waals surface area contributed by atoms with Crippen molar-refractivity contribution in [1.29, 1.82) is 5.26 Å². The van der Waals surface area contributed by atoms with Gasteiger partial charge >= 0.3 is 11.8 Å². The molecule has 1 unspecified atom stereocenters. The number of nitriles is 1. The highest BCUT2D eigenvalue weighted by Crippen LogP contribution is 2.28. The number of thiophene rings is 1. The topological polar surface area (TPSA) is 102 Å². The molecule has 29 heavy (non-hydrogen) atoms. The Balaban J connectivity index is 1.59. The second-order valence-corrected chi connectivity index (χ2v) is 7.69. The molecule has 0 saturated heterocycles. The van der Waals surface area contributed by atoms with Gasteiger partial charge < -0.3 is 15.7 Å². The van der Waals surface area contributed by atoms with E-state index in [9.17, 15) is 14.7 Å². The summed E-state index contributed by atoms with van der Waals surface area (Å²) in [7, 11) is 0. The molecule has 8 heteroatoms. The minimum Gasteiger partial charge on any atom is -0.383 e. The Labute approximate surface area is 176 Å². The Kier molecular flexibility index (Phi) is 6.62. The molecule has 1 heterocycles. The smallest absolute Gasteiger partial charge is 0.313 e. The molecule has 0 saturated carbocycles. The lowest BCUT2D eigenvalue weighted by Crippen LogP contribution is -2.34. The molecule has 0 spiro atoms. The SMILES string of the molecule is N#Cc1ccc(Cl)cc1NC(=O)C(=O)NCc1ccc(C(O)c2ccccc2)s1. The van der Waals surface area contributed by atoms with E-state index in [0.717, 1.165) is 15.3 Å². The predicted molar refractivity (Wildman–Crippen MR) is 111 cm³/mol. The number of amides is 2. The van der Waals surface area contributed by atoms with Crippen LogP contribution in [0.3, 0.4) is 0 Å². The number of halogens is 1. The van der Waals surface area contributed by atoms with Gasteiger partial charge in [-0.1, -0.05) is 41.9 Å². The van der Waals surface area contributed by atoms with Crippen LogP contribution in [0.15, 0.2) is 60.7 Å². The molecule has 0 bridgehead atoms. The standard InChI is InChI=1S/C21H16ClN3O3S/c22-15-7-6-14(11-23)17(10-15)25-21(28)20(27)24-12-16-8-9-18(29-16)19(26)13-4-2-1-3-5-13/h1-10,19,26H,12H2,(H,24,27)(H,25,28). The lowest BCUT2D eigenvalue weighted by molar-refractivity contribution is -0.136. The molecule has 6 nitrogen and oxygen atoms in total. The van der Waals surface area contributed by atoms with Crippen molar-refractivity contribution in [3.05, 3.63) is 86.6 Å². The van der Waals surface area contributed by atoms with E-state index >= 15 is 0 Å². The van der Waals surface area contributed by atoms with Gasteiger partial charge in [-0.05, 0) is 35.9 Å². The third kappa shape index (κ3) is 5.21. The van der Waals surface area contributed by atoms with Gasteiger partial charge in [0.2, 0.25) is 0 Å². The van der Waals surface area contributed by atoms with Gasteiger partial charge in [-0.25, -0.2) is 0 Å². The maximum absolute atomic E-state index is 12.1. The lowest BCUT2D eigenvalue weighted by Gasteiger charge is -2.08. The largest absolute Gasteiger partial charge is 0.383 e. The summed E-state index contributed by atoms with van der Waals surface area (Å²) in [4.78, 5) is 25.7. The van der Waals surface area contributed by atoms with Crippen LogP contribution in [0.1, 0.15) is 27.0 Å². The van der Waals surface area contributed by atoms with Crippen LogP contribution in [-0.2, 0) is 16.1 Å². The second-order valence-electron chi connectivity index (χ2n) is 6.06. The Hall–Kier alpha value is -3.18. The first-order valence-corrected chi connectivity index (χ1v) is 9.78. The zero-order valence-corrected chi connectivity index (χ0v) is 16.6. The summed E-state index contributed by atoms with van der Waals surface area (Å²) in [6, 6.07) is 19.1. The van der Waals surface area contributed by atoms with Gasteiger partial charge in [-0.2, -0.15) is 5.26 Å². The molecule has 0 radical (unpaired) electrons. The van der Waals surface area contributed by atoms with E-state index < -0.39 is 17.9 Å². The maximum atomic E-state index is 12.1. The third-order valence-electron chi connectivity index (χ3n) is 4.05. The van der Waals surface area contributed by atoms with Crippen LogP contribution in [-0.4, -0.2) is 16.9 Å². The number of aliphatic hydroxyl groups is 1. The Morgan fingerprint density at radius 3 is 2.59 bits per heavy atom. The van der Waals surface area contributed by atoms with Crippen molar-refractivity contribution in [3.63, 3.8) is 0 Å². The third-order valence-corrected chi connectivity index (χ3v) is 5.42. The van der Waals surface area contributed by atoms with E-state index in [4.69, 9.17) is 16.9 Å².